The largest absolute Gasteiger partial charge is 0.480 e. The van der Waals surface area contributed by atoms with Crippen molar-refractivity contribution in [2.24, 2.45) is 5.41 Å². The highest BCUT2D eigenvalue weighted by Gasteiger charge is 2.56. The zero-order valence-electron chi connectivity index (χ0n) is 10.9. The quantitative estimate of drug-likeness (QED) is 0.597. The summed E-state index contributed by atoms with van der Waals surface area (Å²) in [5, 5.41) is 11.6. The van der Waals surface area contributed by atoms with Crippen molar-refractivity contribution in [3.63, 3.8) is 0 Å². The number of halogens is 1. The summed E-state index contributed by atoms with van der Waals surface area (Å²) in [6, 6.07) is 6.57. The molecule has 0 aliphatic heterocycles. The molecule has 0 bridgehead atoms. The standard InChI is InChI=1S/C14H16FNO3S/c15-11-4-2-1-3-10(11)9-20-8-7-16-12(17)14(5-6-14)13(18)19/h1-4H,5-9H2,(H,16,17)(H,18,19). The SMILES string of the molecule is O=C(O)C1(C(=O)NCCSCc2ccccc2F)CC1. The number of benzene rings is 1. The minimum absolute atomic E-state index is 0.230. The Balaban J connectivity index is 1.66. The second kappa shape index (κ2) is 6.26. The van der Waals surface area contributed by atoms with Crippen molar-refractivity contribution in [3.8, 4) is 0 Å². The van der Waals surface area contributed by atoms with E-state index >= 15 is 0 Å². The minimum atomic E-state index is -1.18. The van der Waals surface area contributed by atoms with E-state index in [4.69, 9.17) is 5.11 Å². The molecule has 1 amide bonds. The van der Waals surface area contributed by atoms with Gasteiger partial charge in [0.2, 0.25) is 5.91 Å². The molecule has 4 nitrogen and oxygen atoms in total. The summed E-state index contributed by atoms with van der Waals surface area (Å²) < 4.78 is 13.3. The third kappa shape index (κ3) is 3.30. The Morgan fingerprint density at radius 1 is 1.35 bits per heavy atom. The topological polar surface area (TPSA) is 66.4 Å². The van der Waals surface area contributed by atoms with Gasteiger partial charge in [-0.15, -0.1) is 0 Å². The van der Waals surface area contributed by atoms with E-state index in [2.05, 4.69) is 5.32 Å². The first-order valence-corrected chi connectivity index (χ1v) is 7.54. The summed E-state index contributed by atoms with van der Waals surface area (Å²) in [6.07, 6.45) is 0.826. The lowest BCUT2D eigenvalue weighted by Crippen LogP contribution is -2.38. The summed E-state index contributed by atoms with van der Waals surface area (Å²) in [5.41, 5.74) is -0.552. The fraction of sp³-hybridized carbons (Fsp3) is 0.429. The van der Waals surface area contributed by atoms with Crippen LogP contribution in [0.4, 0.5) is 4.39 Å². The molecule has 1 aromatic rings. The second-order valence-electron chi connectivity index (χ2n) is 4.79. The average molecular weight is 297 g/mol. The van der Waals surface area contributed by atoms with Crippen molar-refractivity contribution in [2.75, 3.05) is 12.3 Å². The van der Waals surface area contributed by atoms with Crippen molar-refractivity contribution < 1.29 is 19.1 Å². The van der Waals surface area contributed by atoms with Gasteiger partial charge < -0.3 is 10.4 Å². The van der Waals surface area contributed by atoms with Crippen molar-refractivity contribution in [2.45, 2.75) is 18.6 Å². The van der Waals surface area contributed by atoms with E-state index in [1.54, 1.807) is 18.2 Å². The first kappa shape index (κ1) is 14.8. The number of thioether (sulfide) groups is 1. The Morgan fingerprint density at radius 3 is 2.65 bits per heavy atom. The maximum absolute atomic E-state index is 13.3. The number of carboxylic acid groups (broad SMARTS) is 1. The van der Waals surface area contributed by atoms with E-state index in [1.165, 1.54) is 17.8 Å². The van der Waals surface area contributed by atoms with Crippen molar-refractivity contribution >= 4 is 23.6 Å². The molecule has 0 atom stereocenters. The molecular weight excluding hydrogens is 281 g/mol. The number of aliphatic carboxylic acids is 1. The summed E-state index contributed by atoms with van der Waals surface area (Å²) in [7, 11) is 0. The van der Waals surface area contributed by atoms with Gasteiger partial charge in [-0.2, -0.15) is 11.8 Å². The smallest absolute Gasteiger partial charge is 0.319 e. The maximum Gasteiger partial charge on any atom is 0.319 e. The molecule has 0 aromatic heterocycles. The minimum Gasteiger partial charge on any atom is -0.480 e. The van der Waals surface area contributed by atoms with Gasteiger partial charge in [0.05, 0.1) is 0 Å². The Labute approximate surface area is 120 Å². The summed E-state index contributed by atoms with van der Waals surface area (Å²) in [6.45, 7) is 0.396. The van der Waals surface area contributed by atoms with E-state index < -0.39 is 17.3 Å². The highest BCUT2D eigenvalue weighted by Crippen LogP contribution is 2.46. The molecule has 0 spiro atoms. The number of rotatable bonds is 7. The van der Waals surface area contributed by atoms with Crippen molar-refractivity contribution in [1.82, 2.24) is 5.32 Å². The van der Waals surface area contributed by atoms with E-state index in [1.807, 2.05) is 0 Å². The number of hydrogen-bond acceptors (Lipinski definition) is 3. The highest BCUT2D eigenvalue weighted by atomic mass is 32.2. The van der Waals surface area contributed by atoms with Gasteiger partial charge in [0.15, 0.2) is 0 Å². The van der Waals surface area contributed by atoms with Gasteiger partial charge in [-0.1, -0.05) is 18.2 Å². The summed E-state index contributed by atoms with van der Waals surface area (Å²) in [5.74, 6) is -0.528. The van der Waals surface area contributed by atoms with Gasteiger partial charge in [-0.25, -0.2) is 4.39 Å². The molecule has 1 saturated carbocycles. The predicted octanol–water partition coefficient (Wildman–Crippen LogP) is 2.04. The Bertz CT molecular complexity index is 517. The van der Waals surface area contributed by atoms with Crippen LogP contribution in [0.3, 0.4) is 0 Å². The zero-order valence-corrected chi connectivity index (χ0v) is 11.7. The van der Waals surface area contributed by atoms with Crippen LogP contribution in [0.5, 0.6) is 0 Å². The summed E-state index contributed by atoms with van der Waals surface area (Å²) >= 11 is 1.50. The highest BCUT2D eigenvalue weighted by molar-refractivity contribution is 7.98. The molecule has 2 N–H and O–H groups in total. The maximum atomic E-state index is 13.3. The van der Waals surface area contributed by atoms with Gasteiger partial charge in [0.1, 0.15) is 11.2 Å². The molecule has 108 valence electrons. The molecule has 0 unspecified atom stereocenters. The molecule has 0 radical (unpaired) electrons. The van der Waals surface area contributed by atoms with E-state index in [-0.39, 0.29) is 5.82 Å². The van der Waals surface area contributed by atoms with Crippen molar-refractivity contribution in [1.29, 1.82) is 0 Å². The van der Waals surface area contributed by atoms with Crippen LogP contribution in [0.1, 0.15) is 18.4 Å². The van der Waals surface area contributed by atoms with Crippen molar-refractivity contribution in [3.05, 3.63) is 35.6 Å². The molecule has 20 heavy (non-hydrogen) atoms. The lowest BCUT2D eigenvalue weighted by Gasteiger charge is -2.10. The van der Waals surface area contributed by atoms with Crippen LogP contribution in [0.25, 0.3) is 0 Å². The van der Waals surface area contributed by atoms with Crippen LogP contribution < -0.4 is 5.32 Å². The Hall–Kier alpha value is -1.56. The number of hydrogen-bond donors (Lipinski definition) is 2. The van der Waals surface area contributed by atoms with Gasteiger partial charge in [-0.05, 0) is 24.5 Å². The van der Waals surface area contributed by atoms with Crippen LogP contribution in [-0.2, 0) is 15.3 Å². The molecule has 0 saturated heterocycles. The lowest BCUT2D eigenvalue weighted by molar-refractivity contribution is -0.148. The van der Waals surface area contributed by atoms with Crippen LogP contribution in [0.15, 0.2) is 24.3 Å². The number of carbonyl (C=O) groups is 2. The predicted molar refractivity (Wildman–Crippen MR) is 74.9 cm³/mol. The first-order chi connectivity index (χ1) is 9.56. The fourth-order valence-electron chi connectivity index (χ4n) is 1.87. The van der Waals surface area contributed by atoms with Crippen LogP contribution in [0.2, 0.25) is 0 Å². The summed E-state index contributed by atoms with van der Waals surface area (Å²) in [4.78, 5) is 22.6. The van der Waals surface area contributed by atoms with E-state index in [9.17, 15) is 14.0 Å². The molecular formula is C14H16FNO3S. The fourth-order valence-corrected chi connectivity index (χ4v) is 2.71. The lowest BCUT2D eigenvalue weighted by atomic mass is 10.1. The van der Waals surface area contributed by atoms with Crippen LogP contribution >= 0.6 is 11.8 Å². The average Bonchev–Trinajstić information content (AvgIpc) is 3.21. The van der Waals surface area contributed by atoms with E-state index in [0.29, 0.717) is 36.5 Å². The molecule has 1 aliphatic rings. The van der Waals surface area contributed by atoms with Gasteiger partial charge in [0.25, 0.3) is 0 Å². The number of amides is 1. The third-order valence-corrected chi connectivity index (χ3v) is 4.35. The van der Waals surface area contributed by atoms with Crippen LogP contribution in [0, 0.1) is 11.2 Å². The van der Waals surface area contributed by atoms with Gasteiger partial charge in [-0.3, -0.25) is 9.59 Å². The monoisotopic (exact) mass is 297 g/mol. The van der Waals surface area contributed by atoms with E-state index in [0.717, 1.165) is 0 Å². The Kier molecular flexibility index (Phi) is 4.65. The number of nitrogens with one attached hydrogen (secondary N) is 1. The molecule has 1 fully saturated rings. The van der Waals surface area contributed by atoms with Gasteiger partial charge >= 0.3 is 5.97 Å². The number of carboxylic acids is 1. The third-order valence-electron chi connectivity index (χ3n) is 3.34. The first-order valence-electron chi connectivity index (χ1n) is 6.39. The molecule has 2 rings (SSSR count). The van der Waals surface area contributed by atoms with Crippen LogP contribution in [-0.4, -0.2) is 29.3 Å². The number of carbonyl (C=O) groups excluding carboxylic acids is 1. The Morgan fingerprint density at radius 2 is 2.05 bits per heavy atom. The molecule has 6 heteroatoms. The molecule has 0 heterocycles. The van der Waals surface area contributed by atoms with Gasteiger partial charge in [0, 0.05) is 18.1 Å². The second-order valence-corrected chi connectivity index (χ2v) is 5.89. The zero-order chi connectivity index (χ0) is 14.6. The normalized spacial score (nSPS) is 15.7. The molecule has 1 aromatic carbocycles. The molecule has 1 aliphatic carbocycles.